The summed E-state index contributed by atoms with van der Waals surface area (Å²) in [6.07, 6.45) is 4.28. The van der Waals surface area contributed by atoms with Gasteiger partial charge in [-0.1, -0.05) is 42.5 Å². The quantitative estimate of drug-likeness (QED) is 0.799. The van der Waals surface area contributed by atoms with Crippen LogP contribution in [-0.2, 0) is 4.79 Å². The molecule has 0 saturated carbocycles. The molecule has 0 N–H and O–H groups in total. The van der Waals surface area contributed by atoms with E-state index in [9.17, 15) is 9.18 Å². The van der Waals surface area contributed by atoms with Crippen LogP contribution < -0.4 is 4.74 Å². The molecular formula is C21H23FN2O2. The predicted octanol–water partition coefficient (Wildman–Crippen LogP) is 3.06. The minimum atomic E-state index is -0.318. The zero-order valence-electron chi connectivity index (χ0n) is 14.7. The third-order valence-corrected chi connectivity index (χ3v) is 4.37. The molecule has 0 aliphatic carbocycles. The maximum absolute atomic E-state index is 12.9. The lowest BCUT2D eigenvalue weighted by atomic mass is 10.2. The number of benzene rings is 2. The number of carbonyl (C=O) groups excluding carboxylic acids is 1. The van der Waals surface area contributed by atoms with E-state index in [1.807, 2.05) is 23.1 Å². The van der Waals surface area contributed by atoms with Crippen LogP contribution in [0.4, 0.5) is 4.39 Å². The fourth-order valence-corrected chi connectivity index (χ4v) is 2.85. The van der Waals surface area contributed by atoms with Gasteiger partial charge in [0, 0.05) is 32.7 Å². The van der Waals surface area contributed by atoms with E-state index in [-0.39, 0.29) is 18.3 Å². The van der Waals surface area contributed by atoms with Crippen molar-refractivity contribution in [3.63, 3.8) is 0 Å². The number of hydrogen-bond donors (Lipinski definition) is 0. The lowest BCUT2D eigenvalue weighted by Crippen LogP contribution is -2.49. The molecule has 0 bridgehead atoms. The summed E-state index contributed by atoms with van der Waals surface area (Å²) >= 11 is 0. The summed E-state index contributed by atoms with van der Waals surface area (Å²) in [4.78, 5) is 16.4. The van der Waals surface area contributed by atoms with Crippen molar-refractivity contribution >= 4 is 12.0 Å². The fourth-order valence-electron chi connectivity index (χ4n) is 2.85. The fraction of sp³-hybridized carbons (Fsp3) is 0.286. The molecule has 3 rings (SSSR count). The van der Waals surface area contributed by atoms with Gasteiger partial charge in [0.25, 0.3) is 5.91 Å². The van der Waals surface area contributed by atoms with Crippen molar-refractivity contribution < 1.29 is 13.9 Å². The first-order valence-corrected chi connectivity index (χ1v) is 8.81. The second-order valence-electron chi connectivity index (χ2n) is 6.24. The molecular weight excluding hydrogens is 331 g/mol. The molecule has 0 spiro atoms. The Labute approximate surface area is 153 Å². The molecule has 0 radical (unpaired) electrons. The number of rotatable bonds is 6. The Bertz CT molecular complexity index is 723. The summed E-state index contributed by atoms with van der Waals surface area (Å²) in [6.45, 7) is 3.96. The van der Waals surface area contributed by atoms with Crippen LogP contribution in [0, 0.1) is 5.82 Å². The van der Waals surface area contributed by atoms with Gasteiger partial charge in [0.1, 0.15) is 11.6 Å². The average Bonchev–Trinajstić information content (AvgIpc) is 2.69. The van der Waals surface area contributed by atoms with Gasteiger partial charge in [-0.2, -0.15) is 0 Å². The van der Waals surface area contributed by atoms with E-state index in [1.54, 1.807) is 0 Å². The minimum Gasteiger partial charge on any atom is -0.484 e. The SMILES string of the molecule is O=C(COc1ccc(F)cc1)N1CCN(C/C=C/c2ccccc2)CC1. The maximum atomic E-state index is 12.9. The van der Waals surface area contributed by atoms with Crippen molar-refractivity contribution in [3.8, 4) is 5.75 Å². The molecule has 0 unspecified atom stereocenters. The number of piperazine rings is 1. The van der Waals surface area contributed by atoms with Gasteiger partial charge in [0.05, 0.1) is 0 Å². The molecule has 1 saturated heterocycles. The van der Waals surface area contributed by atoms with Crippen LogP contribution in [0.1, 0.15) is 5.56 Å². The zero-order valence-corrected chi connectivity index (χ0v) is 14.7. The summed E-state index contributed by atoms with van der Waals surface area (Å²) in [5, 5.41) is 0. The van der Waals surface area contributed by atoms with Gasteiger partial charge in [-0.3, -0.25) is 9.69 Å². The third-order valence-electron chi connectivity index (χ3n) is 4.37. The first-order valence-electron chi connectivity index (χ1n) is 8.81. The van der Waals surface area contributed by atoms with Crippen molar-refractivity contribution in [2.75, 3.05) is 39.3 Å². The normalized spacial score (nSPS) is 15.3. The molecule has 2 aromatic rings. The number of ether oxygens (including phenoxy) is 1. The van der Waals surface area contributed by atoms with Crippen molar-refractivity contribution in [3.05, 3.63) is 72.1 Å². The predicted molar refractivity (Wildman–Crippen MR) is 100 cm³/mol. The smallest absolute Gasteiger partial charge is 0.260 e. The minimum absolute atomic E-state index is 0.0143. The van der Waals surface area contributed by atoms with Crippen LogP contribution in [0.25, 0.3) is 6.08 Å². The second-order valence-corrected chi connectivity index (χ2v) is 6.24. The molecule has 1 amide bonds. The molecule has 26 heavy (non-hydrogen) atoms. The van der Waals surface area contributed by atoms with Gasteiger partial charge < -0.3 is 9.64 Å². The summed E-state index contributed by atoms with van der Waals surface area (Å²) in [5.41, 5.74) is 1.19. The van der Waals surface area contributed by atoms with Crippen LogP contribution in [0.3, 0.4) is 0 Å². The molecule has 1 heterocycles. The largest absolute Gasteiger partial charge is 0.484 e. The number of amides is 1. The van der Waals surface area contributed by atoms with E-state index in [4.69, 9.17) is 4.74 Å². The van der Waals surface area contributed by atoms with Crippen LogP contribution in [-0.4, -0.2) is 55.0 Å². The Morgan fingerprint density at radius 3 is 2.38 bits per heavy atom. The lowest BCUT2D eigenvalue weighted by Gasteiger charge is -2.34. The van der Waals surface area contributed by atoms with Crippen LogP contribution in [0.5, 0.6) is 5.75 Å². The molecule has 2 aromatic carbocycles. The third kappa shape index (κ3) is 5.43. The number of nitrogens with zero attached hydrogens (tertiary/aromatic N) is 2. The van der Waals surface area contributed by atoms with Crippen molar-refractivity contribution in [2.24, 2.45) is 0 Å². The van der Waals surface area contributed by atoms with Gasteiger partial charge in [0.15, 0.2) is 6.61 Å². The molecule has 1 fully saturated rings. The van der Waals surface area contributed by atoms with E-state index in [0.717, 1.165) is 19.6 Å². The number of carbonyl (C=O) groups is 1. The van der Waals surface area contributed by atoms with Gasteiger partial charge in [0.2, 0.25) is 0 Å². The summed E-state index contributed by atoms with van der Waals surface area (Å²) in [7, 11) is 0. The summed E-state index contributed by atoms with van der Waals surface area (Å²) in [6, 6.07) is 15.9. The van der Waals surface area contributed by atoms with Gasteiger partial charge >= 0.3 is 0 Å². The first-order chi connectivity index (χ1) is 12.7. The average molecular weight is 354 g/mol. The second kappa shape index (κ2) is 9.15. The molecule has 0 atom stereocenters. The van der Waals surface area contributed by atoms with Crippen LogP contribution in [0.15, 0.2) is 60.7 Å². The summed E-state index contributed by atoms with van der Waals surface area (Å²) in [5.74, 6) is 0.152. The standard InChI is InChI=1S/C21H23FN2O2/c22-19-8-10-20(11-9-19)26-17-21(25)24-15-13-23(14-16-24)12-4-7-18-5-2-1-3-6-18/h1-11H,12-17H2/b7-4+. The zero-order chi connectivity index (χ0) is 18.2. The highest BCUT2D eigenvalue weighted by molar-refractivity contribution is 5.77. The summed E-state index contributed by atoms with van der Waals surface area (Å²) < 4.78 is 18.3. The van der Waals surface area contributed by atoms with Gasteiger partial charge in [-0.05, 0) is 29.8 Å². The molecule has 5 heteroatoms. The Kier molecular flexibility index (Phi) is 6.39. The molecule has 136 valence electrons. The lowest BCUT2D eigenvalue weighted by molar-refractivity contribution is -0.135. The highest BCUT2D eigenvalue weighted by Gasteiger charge is 2.20. The topological polar surface area (TPSA) is 32.8 Å². The van der Waals surface area contributed by atoms with Gasteiger partial charge in [-0.15, -0.1) is 0 Å². The van der Waals surface area contributed by atoms with E-state index in [1.165, 1.54) is 29.8 Å². The van der Waals surface area contributed by atoms with Crippen molar-refractivity contribution in [1.82, 2.24) is 9.80 Å². The molecule has 0 aromatic heterocycles. The van der Waals surface area contributed by atoms with E-state index in [0.29, 0.717) is 18.8 Å². The highest BCUT2D eigenvalue weighted by atomic mass is 19.1. The Balaban J connectivity index is 1.38. The first kappa shape index (κ1) is 18.1. The molecule has 4 nitrogen and oxygen atoms in total. The van der Waals surface area contributed by atoms with Crippen LogP contribution in [0.2, 0.25) is 0 Å². The maximum Gasteiger partial charge on any atom is 0.260 e. The molecule has 1 aliphatic heterocycles. The van der Waals surface area contributed by atoms with Crippen molar-refractivity contribution in [2.45, 2.75) is 0 Å². The van der Waals surface area contributed by atoms with E-state index < -0.39 is 0 Å². The Hall–Kier alpha value is -2.66. The number of halogens is 1. The molecule has 1 aliphatic rings. The van der Waals surface area contributed by atoms with E-state index >= 15 is 0 Å². The van der Waals surface area contributed by atoms with Crippen molar-refractivity contribution in [1.29, 1.82) is 0 Å². The van der Waals surface area contributed by atoms with Gasteiger partial charge in [-0.25, -0.2) is 4.39 Å². The highest BCUT2D eigenvalue weighted by Crippen LogP contribution is 2.11. The van der Waals surface area contributed by atoms with Crippen LogP contribution >= 0.6 is 0 Å². The number of hydrogen-bond acceptors (Lipinski definition) is 3. The Morgan fingerprint density at radius 1 is 1.00 bits per heavy atom. The monoisotopic (exact) mass is 354 g/mol. The van der Waals surface area contributed by atoms with E-state index in [2.05, 4.69) is 29.2 Å². The Morgan fingerprint density at radius 2 is 1.69 bits per heavy atom.